The van der Waals surface area contributed by atoms with Gasteiger partial charge < -0.3 is 4.98 Å². The molecule has 0 aliphatic rings. The van der Waals surface area contributed by atoms with Crippen LogP contribution in [0.4, 0.5) is 13.2 Å². The third-order valence-electron chi connectivity index (χ3n) is 2.09. The number of hydrogen-bond donors (Lipinski definition) is 1. The largest absolute Gasteiger partial charge is 0.356 e. The third-order valence-corrected chi connectivity index (χ3v) is 2.09. The van der Waals surface area contributed by atoms with Crippen LogP contribution in [0.3, 0.4) is 0 Å². The molecule has 0 bridgehead atoms. The van der Waals surface area contributed by atoms with Gasteiger partial charge in [0.05, 0.1) is 10.9 Å². The Morgan fingerprint density at radius 1 is 1.13 bits per heavy atom. The van der Waals surface area contributed by atoms with Crippen LogP contribution in [0.2, 0.25) is 0 Å². The number of fused-ring (bicyclic) bond motifs is 1. The predicted molar refractivity (Wildman–Crippen MR) is 49.2 cm³/mol. The molecule has 0 saturated carbocycles. The topological polar surface area (TPSA) is 32.9 Å². The van der Waals surface area contributed by atoms with Crippen molar-refractivity contribution < 1.29 is 13.2 Å². The summed E-state index contributed by atoms with van der Waals surface area (Å²) in [6.45, 7) is 1.53. The summed E-state index contributed by atoms with van der Waals surface area (Å²) in [6.07, 6.45) is 0. The first kappa shape index (κ1) is 9.76. The fourth-order valence-corrected chi connectivity index (χ4v) is 1.45. The number of rotatable bonds is 0. The number of aryl methyl sites for hydroxylation is 1. The lowest BCUT2D eigenvalue weighted by Gasteiger charge is -2.03. The number of aromatic amines is 1. The summed E-state index contributed by atoms with van der Waals surface area (Å²) in [5.41, 5.74) is -0.659. The maximum absolute atomic E-state index is 13.2. The molecule has 1 heterocycles. The molecule has 0 saturated heterocycles. The Kier molecular flexibility index (Phi) is 2.03. The quantitative estimate of drug-likeness (QED) is 0.669. The van der Waals surface area contributed by atoms with Gasteiger partial charge in [0.25, 0.3) is 0 Å². The van der Waals surface area contributed by atoms with Crippen LogP contribution in [0, 0.1) is 24.4 Å². The molecule has 1 N–H and O–H groups in total. The van der Waals surface area contributed by atoms with Crippen LogP contribution in [0.15, 0.2) is 16.9 Å². The molecule has 0 unspecified atom stereocenters. The predicted octanol–water partition coefficient (Wildman–Crippen LogP) is 2.25. The zero-order valence-electron chi connectivity index (χ0n) is 7.70. The van der Waals surface area contributed by atoms with Crippen molar-refractivity contribution in [1.29, 1.82) is 0 Å². The Bertz CT molecular complexity index is 604. The molecule has 0 aliphatic heterocycles. The molecule has 2 aromatic rings. The van der Waals surface area contributed by atoms with Crippen molar-refractivity contribution in [3.05, 3.63) is 45.5 Å². The molecule has 78 valence electrons. The molecule has 1 aromatic heterocycles. The van der Waals surface area contributed by atoms with E-state index in [1.165, 1.54) is 6.92 Å². The second-order valence-electron chi connectivity index (χ2n) is 3.22. The van der Waals surface area contributed by atoms with Crippen molar-refractivity contribution in [1.82, 2.24) is 4.98 Å². The van der Waals surface area contributed by atoms with Gasteiger partial charge in [0.15, 0.2) is 22.9 Å². The van der Waals surface area contributed by atoms with Crippen molar-refractivity contribution in [2.75, 3.05) is 0 Å². The molecule has 0 amide bonds. The van der Waals surface area contributed by atoms with Crippen LogP contribution in [0.5, 0.6) is 0 Å². The normalized spacial score (nSPS) is 10.9. The molecule has 1 aromatic carbocycles. The SMILES string of the molecule is Cc1cc(=O)c2c(F)c(F)cc(F)c2[nH]1. The molecular formula is C10H6F3NO. The number of nitrogens with one attached hydrogen (secondary N) is 1. The van der Waals surface area contributed by atoms with Crippen LogP contribution in [0.25, 0.3) is 10.9 Å². The summed E-state index contributed by atoms with van der Waals surface area (Å²) in [6, 6.07) is 1.50. The highest BCUT2D eigenvalue weighted by Crippen LogP contribution is 2.19. The molecule has 0 radical (unpaired) electrons. The second-order valence-corrected chi connectivity index (χ2v) is 3.22. The summed E-state index contributed by atoms with van der Waals surface area (Å²) in [7, 11) is 0. The molecule has 0 aliphatic carbocycles. The smallest absolute Gasteiger partial charge is 0.192 e. The summed E-state index contributed by atoms with van der Waals surface area (Å²) < 4.78 is 39.2. The Hall–Kier alpha value is -1.78. The summed E-state index contributed by atoms with van der Waals surface area (Å²) >= 11 is 0. The first-order valence-electron chi connectivity index (χ1n) is 4.18. The lowest BCUT2D eigenvalue weighted by Crippen LogP contribution is -2.08. The van der Waals surface area contributed by atoms with E-state index < -0.39 is 28.3 Å². The Morgan fingerprint density at radius 2 is 1.80 bits per heavy atom. The Labute approximate surface area is 82.4 Å². The van der Waals surface area contributed by atoms with Crippen LogP contribution < -0.4 is 5.43 Å². The first-order valence-corrected chi connectivity index (χ1v) is 4.18. The van der Waals surface area contributed by atoms with Gasteiger partial charge in [-0.1, -0.05) is 0 Å². The van der Waals surface area contributed by atoms with Gasteiger partial charge in [-0.2, -0.15) is 0 Å². The van der Waals surface area contributed by atoms with E-state index in [0.29, 0.717) is 11.8 Å². The van der Waals surface area contributed by atoms with Crippen molar-refractivity contribution in [3.63, 3.8) is 0 Å². The summed E-state index contributed by atoms with van der Waals surface area (Å²) in [5, 5.41) is -0.585. The molecule has 2 rings (SSSR count). The highest BCUT2D eigenvalue weighted by molar-refractivity contribution is 5.79. The molecule has 0 spiro atoms. The van der Waals surface area contributed by atoms with E-state index in [1.54, 1.807) is 0 Å². The monoisotopic (exact) mass is 213 g/mol. The van der Waals surface area contributed by atoms with Crippen LogP contribution >= 0.6 is 0 Å². The molecule has 0 fully saturated rings. The van der Waals surface area contributed by atoms with Gasteiger partial charge in [-0.05, 0) is 6.92 Å². The fraction of sp³-hybridized carbons (Fsp3) is 0.100. The second kappa shape index (κ2) is 3.12. The number of hydrogen-bond acceptors (Lipinski definition) is 1. The minimum Gasteiger partial charge on any atom is -0.356 e. The van der Waals surface area contributed by atoms with E-state index in [9.17, 15) is 18.0 Å². The van der Waals surface area contributed by atoms with Crippen molar-refractivity contribution in [2.45, 2.75) is 6.92 Å². The number of H-pyrrole nitrogens is 1. The number of pyridine rings is 1. The van der Waals surface area contributed by atoms with Crippen molar-refractivity contribution in [2.24, 2.45) is 0 Å². The van der Waals surface area contributed by atoms with Gasteiger partial charge in [0.2, 0.25) is 0 Å². The van der Waals surface area contributed by atoms with Crippen LogP contribution in [0.1, 0.15) is 5.69 Å². The zero-order chi connectivity index (χ0) is 11.2. The number of benzene rings is 1. The average Bonchev–Trinajstić information content (AvgIpc) is 2.13. The maximum atomic E-state index is 13.2. The van der Waals surface area contributed by atoms with Crippen molar-refractivity contribution in [3.8, 4) is 0 Å². The van der Waals surface area contributed by atoms with Crippen LogP contribution in [-0.2, 0) is 0 Å². The molecule has 5 heteroatoms. The summed E-state index contributed by atoms with van der Waals surface area (Å²) in [5.74, 6) is -3.67. The van der Waals surface area contributed by atoms with E-state index in [0.717, 1.165) is 6.07 Å². The van der Waals surface area contributed by atoms with Gasteiger partial charge in [0.1, 0.15) is 0 Å². The van der Waals surface area contributed by atoms with Gasteiger partial charge >= 0.3 is 0 Å². The fourth-order valence-electron chi connectivity index (χ4n) is 1.45. The van der Waals surface area contributed by atoms with Gasteiger partial charge in [-0.15, -0.1) is 0 Å². The highest BCUT2D eigenvalue weighted by atomic mass is 19.2. The number of aromatic nitrogens is 1. The van der Waals surface area contributed by atoms with E-state index in [2.05, 4.69) is 4.98 Å². The van der Waals surface area contributed by atoms with E-state index in [-0.39, 0.29) is 5.52 Å². The Morgan fingerprint density at radius 3 is 2.47 bits per heavy atom. The van der Waals surface area contributed by atoms with Crippen LogP contribution in [-0.4, -0.2) is 4.98 Å². The standard InChI is InChI=1S/C10H6F3NO/c1-4-2-7(15)8-9(13)5(11)3-6(12)10(8)14-4/h2-3H,1H3,(H,14,15). The molecular weight excluding hydrogens is 207 g/mol. The maximum Gasteiger partial charge on any atom is 0.192 e. The average molecular weight is 213 g/mol. The lowest BCUT2D eigenvalue weighted by molar-refractivity contribution is 0.504. The third kappa shape index (κ3) is 1.40. The van der Waals surface area contributed by atoms with Crippen molar-refractivity contribution >= 4 is 10.9 Å². The Balaban J connectivity index is 3.10. The minimum atomic E-state index is -1.37. The van der Waals surface area contributed by atoms with Gasteiger partial charge in [-0.3, -0.25) is 4.79 Å². The zero-order valence-corrected chi connectivity index (χ0v) is 7.70. The molecule has 15 heavy (non-hydrogen) atoms. The highest BCUT2D eigenvalue weighted by Gasteiger charge is 2.15. The van der Waals surface area contributed by atoms with E-state index in [1.807, 2.05) is 0 Å². The minimum absolute atomic E-state index is 0.307. The first-order chi connectivity index (χ1) is 7.00. The molecule has 0 atom stereocenters. The van der Waals surface area contributed by atoms with E-state index >= 15 is 0 Å². The molecule has 2 nitrogen and oxygen atoms in total. The van der Waals surface area contributed by atoms with Gasteiger partial charge in [0, 0.05) is 17.8 Å². The van der Waals surface area contributed by atoms with E-state index in [4.69, 9.17) is 0 Å². The van der Waals surface area contributed by atoms with Gasteiger partial charge in [-0.25, -0.2) is 13.2 Å². The summed E-state index contributed by atoms with van der Waals surface area (Å²) in [4.78, 5) is 13.8. The lowest BCUT2D eigenvalue weighted by atomic mass is 10.1. The number of halogens is 3.